The van der Waals surface area contributed by atoms with Crippen LogP contribution in [0.2, 0.25) is 0 Å². The van der Waals surface area contributed by atoms with Gasteiger partial charge in [-0.25, -0.2) is 4.99 Å². The molecular formula is C12H18N2. The topological polar surface area (TPSA) is 38.4 Å². The van der Waals surface area contributed by atoms with Crippen molar-refractivity contribution in [1.82, 2.24) is 0 Å². The first-order chi connectivity index (χ1) is 6.65. The quantitative estimate of drug-likeness (QED) is 0.577. The molecule has 2 N–H and O–H groups in total. The Morgan fingerprint density at radius 1 is 1.36 bits per heavy atom. The van der Waals surface area contributed by atoms with Gasteiger partial charge in [0.2, 0.25) is 0 Å². The molecule has 2 heteroatoms. The van der Waals surface area contributed by atoms with Crippen LogP contribution in [0.25, 0.3) is 0 Å². The van der Waals surface area contributed by atoms with E-state index in [0.717, 1.165) is 12.1 Å². The molecule has 0 amide bonds. The average Bonchev–Trinajstić information content (AvgIpc) is 2.18. The van der Waals surface area contributed by atoms with Gasteiger partial charge in [0.1, 0.15) is 5.84 Å². The normalized spacial score (nSPS) is 12.1. The Bertz CT molecular complexity index is 327. The summed E-state index contributed by atoms with van der Waals surface area (Å²) in [5.74, 6) is 1.01. The number of aliphatic imine (C=N–C) groups is 1. The van der Waals surface area contributed by atoms with E-state index in [-0.39, 0.29) is 0 Å². The van der Waals surface area contributed by atoms with Crippen LogP contribution in [0.5, 0.6) is 0 Å². The Morgan fingerprint density at radius 2 is 2.00 bits per heavy atom. The summed E-state index contributed by atoms with van der Waals surface area (Å²) >= 11 is 0. The van der Waals surface area contributed by atoms with Gasteiger partial charge in [-0.3, -0.25) is 0 Å². The molecule has 1 aromatic carbocycles. The zero-order valence-electron chi connectivity index (χ0n) is 9.12. The smallest absolute Gasteiger partial charge is 0.102 e. The molecule has 1 rings (SSSR count). The Balaban J connectivity index is 3.01. The molecule has 76 valence electrons. The van der Waals surface area contributed by atoms with Gasteiger partial charge in [-0.05, 0) is 18.1 Å². The number of hydrogen-bond donors (Lipinski definition) is 1. The first-order valence-corrected chi connectivity index (χ1v) is 5.07. The van der Waals surface area contributed by atoms with Crippen molar-refractivity contribution in [3.63, 3.8) is 0 Å². The van der Waals surface area contributed by atoms with E-state index in [1.165, 1.54) is 5.56 Å². The summed E-state index contributed by atoms with van der Waals surface area (Å²) in [6, 6.07) is 8.12. The number of aryl methyl sites for hydroxylation is 1. The van der Waals surface area contributed by atoms with Gasteiger partial charge in [-0.2, -0.15) is 0 Å². The largest absolute Gasteiger partial charge is 0.387 e. The van der Waals surface area contributed by atoms with Crippen LogP contribution in [-0.4, -0.2) is 5.84 Å². The number of benzene rings is 1. The standard InChI is InChI=1S/C12H18N2/c1-4-10-7-5-6-8-11(10)14-12(13)9(2)3/h5-9H,4H2,1-3H3,(H2,13,14). The van der Waals surface area contributed by atoms with E-state index >= 15 is 0 Å². The predicted octanol–water partition coefficient (Wildman–Crippen LogP) is 2.89. The van der Waals surface area contributed by atoms with Crippen LogP contribution in [0.15, 0.2) is 29.3 Å². The fraction of sp³-hybridized carbons (Fsp3) is 0.417. The number of rotatable bonds is 3. The summed E-state index contributed by atoms with van der Waals surface area (Å²) in [4.78, 5) is 4.42. The van der Waals surface area contributed by atoms with E-state index in [2.05, 4.69) is 18.0 Å². The fourth-order valence-corrected chi connectivity index (χ4v) is 1.19. The molecule has 0 saturated carbocycles. The highest BCUT2D eigenvalue weighted by Crippen LogP contribution is 2.19. The summed E-state index contributed by atoms with van der Waals surface area (Å²) in [5.41, 5.74) is 8.07. The van der Waals surface area contributed by atoms with Crippen LogP contribution < -0.4 is 5.73 Å². The molecule has 0 aliphatic carbocycles. The average molecular weight is 190 g/mol. The second-order valence-electron chi connectivity index (χ2n) is 3.67. The summed E-state index contributed by atoms with van der Waals surface area (Å²) in [5, 5.41) is 0. The number of nitrogens with zero attached hydrogens (tertiary/aromatic N) is 1. The van der Waals surface area contributed by atoms with Crippen molar-refractivity contribution in [3.8, 4) is 0 Å². The lowest BCUT2D eigenvalue weighted by atomic mass is 10.1. The maximum Gasteiger partial charge on any atom is 0.102 e. The van der Waals surface area contributed by atoms with Gasteiger partial charge in [-0.15, -0.1) is 0 Å². The molecular weight excluding hydrogens is 172 g/mol. The minimum absolute atomic E-state index is 0.305. The predicted molar refractivity (Wildman–Crippen MR) is 61.9 cm³/mol. The highest BCUT2D eigenvalue weighted by atomic mass is 14.9. The zero-order valence-corrected chi connectivity index (χ0v) is 9.12. The Kier molecular flexibility index (Phi) is 3.69. The number of amidine groups is 1. The van der Waals surface area contributed by atoms with Crippen molar-refractivity contribution in [2.75, 3.05) is 0 Å². The first kappa shape index (κ1) is 10.8. The van der Waals surface area contributed by atoms with Crippen molar-refractivity contribution < 1.29 is 0 Å². The molecule has 0 bridgehead atoms. The molecule has 1 aromatic rings. The zero-order chi connectivity index (χ0) is 10.6. The van der Waals surface area contributed by atoms with Crippen LogP contribution in [0, 0.1) is 5.92 Å². The second-order valence-corrected chi connectivity index (χ2v) is 3.67. The molecule has 0 atom stereocenters. The molecule has 0 unspecified atom stereocenters. The van der Waals surface area contributed by atoms with E-state index in [0.29, 0.717) is 11.8 Å². The molecule has 2 nitrogen and oxygen atoms in total. The van der Waals surface area contributed by atoms with Crippen LogP contribution in [0.1, 0.15) is 26.3 Å². The molecule has 0 spiro atoms. The third-order valence-corrected chi connectivity index (χ3v) is 2.21. The van der Waals surface area contributed by atoms with Gasteiger partial charge in [0.05, 0.1) is 5.69 Å². The highest BCUT2D eigenvalue weighted by Gasteiger charge is 2.01. The molecule has 0 radical (unpaired) electrons. The minimum Gasteiger partial charge on any atom is -0.387 e. The first-order valence-electron chi connectivity index (χ1n) is 5.07. The summed E-state index contributed by atoms with van der Waals surface area (Å²) < 4.78 is 0. The maximum absolute atomic E-state index is 5.82. The maximum atomic E-state index is 5.82. The van der Waals surface area contributed by atoms with Gasteiger partial charge < -0.3 is 5.73 Å². The van der Waals surface area contributed by atoms with Gasteiger partial charge >= 0.3 is 0 Å². The molecule has 0 aromatic heterocycles. The lowest BCUT2D eigenvalue weighted by molar-refractivity contribution is 0.872. The third kappa shape index (κ3) is 2.59. The number of para-hydroxylation sites is 1. The lowest BCUT2D eigenvalue weighted by Crippen LogP contribution is -2.18. The van der Waals surface area contributed by atoms with Gasteiger partial charge in [0.25, 0.3) is 0 Å². The highest BCUT2D eigenvalue weighted by molar-refractivity contribution is 5.85. The summed E-state index contributed by atoms with van der Waals surface area (Å²) in [7, 11) is 0. The summed E-state index contributed by atoms with van der Waals surface area (Å²) in [6.45, 7) is 6.22. The Labute approximate surface area is 85.9 Å². The van der Waals surface area contributed by atoms with E-state index in [1.54, 1.807) is 0 Å². The van der Waals surface area contributed by atoms with E-state index in [9.17, 15) is 0 Å². The van der Waals surface area contributed by atoms with Crippen molar-refractivity contribution >= 4 is 11.5 Å². The van der Waals surface area contributed by atoms with Crippen molar-refractivity contribution in [2.45, 2.75) is 27.2 Å². The summed E-state index contributed by atoms with van der Waals surface area (Å²) in [6.07, 6.45) is 0.991. The lowest BCUT2D eigenvalue weighted by Gasteiger charge is -2.06. The molecule has 0 heterocycles. The van der Waals surface area contributed by atoms with Crippen LogP contribution >= 0.6 is 0 Å². The fourth-order valence-electron chi connectivity index (χ4n) is 1.19. The van der Waals surface area contributed by atoms with E-state index < -0.39 is 0 Å². The Morgan fingerprint density at radius 3 is 2.57 bits per heavy atom. The molecule has 0 aliphatic heterocycles. The SMILES string of the molecule is CCc1ccccc1N=C(N)C(C)C. The molecule has 14 heavy (non-hydrogen) atoms. The van der Waals surface area contributed by atoms with Gasteiger partial charge in [-0.1, -0.05) is 39.0 Å². The van der Waals surface area contributed by atoms with Gasteiger partial charge in [0, 0.05) is 5.92 Å². The Hall–Kier alpha value is -1.31. The van der Waals surface area contributed by atoms with Crippen molar-refractivity contribution in [2.24, 2.45) is 16.6 Å². The monoisotopic (exact) mass is 190 g/mol. The van der Waals surface area contributed by atoms with Crippen LogP contribution in [-0.2, 0) is 6.42 Å². The van der Waals surface area contributed by atoms with E-state index in [4.69, 9.17) is 5.73 Å². The van der Waals surface area contributed by atoms with Crippen molar-refractivity contribution in [3.05, 3.63) is 29.8 Å². The van der Waals surface area contributed by atoms with Crippen LogP contribution in [0.4, 0.5) is 5.69 Å². The van der Waals surface area contributed by atoms with Gasteiger partial charge in [0.15, 0.2) is 0 Å². The third-order valence-electron chi connectivity index (χ3n) is 2.21. The van der Waals surface area contributed by atoms with E-state index in [1.807, 2.05) is 32.0 Å². The molecule has 0 aliphatic rings. The minimum atomic E-state index is 0.305. The molecule has 0 fully saturated rings. The second kappa shape index (κ2) is 4.80. The van der Waals surface area contributed by atoms with Crippen LogP contribution in [0.3, 0.4) is 0 Å². The molecule has 0 saturated heterocycles. The number of nitrogens with two attached hydrogens (primary N) is 1. The van der Waals surface area contributed by atoms with Crippen molar-refractivity contribution in [1.29, 1.82) is 0 Å². The number of hydrogen-bond acceptors (Lipinski definition) is 1.